The fourth-order valence-electron chi connectivity index (χ4n) is 3.04. The quantitative estimate of drug-likeness (QED) is 0.869. The molecule has 1 aliphatic rings. The van der Waals surface area contributed by atoms with Crippen molar-refractivity contribution in [3.8, 4) is 0 Å². The number of para-hydroxylation sites is 1. The third kappa shape index (κ3) is 2.95. The van der Waals surface area contributed by atoms with Crippen molar-refractivity contribution in [1.82, 2.24) is 9.55 Å². The van der Waals surface area contributed by atoms with Crippen molar-refractivity contribution < 1.29 is 4.39 Å². The second-order valence-electron chi connectivity index (χ2n) is 6.49. The van der Waals surface area contributed by atoms with Crippen molar-refractivity contribution >= 4 is 11.0 Å². The molecule has 114 valence electrons. The minimum absolute atomic E-state index is 0.212. The van der Waals surface area contributed by atoms with E-state index in [2.05, 4.69) is 16.5 Å². The average molecular weight is 289 g/mol. The maximum absolute atomic E-state index is 14.0. The van der Waals surface area contributed by atoms with Crippen molar-refractivity contribution in [2.45, 2.75) is 64.0 Å². The number of nitrogens with two attached hydrogens (primary N) is 1. The maximum atomic E-state index is 14.0. The number of imidazole rings is 1. The summed E-state index contributed by atoms with van der Waals surface area (Å²) in [6.45, 7) is 4.23. The van der Waals surface area contributed by atoms with E-state index >= 15 is 0 Å². The van der Waals surface area contributed by atoms with Gasteiger partial charge in [-0.15, -0.1) is 0 Å². The first-order valence-corrected chi connectivity index (χ1v) is 8.00. The zero-order chi connectivity index (χ0) is 15.0. The summed E-state index contributed by atoms with van der Waals surface area (Å²) in [5, 5.41) is 0. The Kier molecular flexibility index (Phi) is 3.98. The van der Waals surface area contributed by atoms with Gasteiger partial charge in [-0.1, -0.05) is 19.4 Å². The standard InChI is InChI=1S/C17H24FN3/c1-11(5-3-6-12(2)19)17-20-16-14(18)7-4-8-15(16)21(17)13-9-10-13/h4,7-8,11-13H,3,5-6,9-10,19H2,1-2H3. The molecule has 1 fully saturated rings. The first kappa shape index (κ1) is 14.5. The van der Waals surface area contributed by atoms with Crippen LogP contribution in [0.2, 0.25) is 0 Å². The predicted molar refractivity (Wildman–Crippen MR) is 83.9 cm³/mol. The molecule has 4 heteroatoms. The van der Waals surface area contributed by atoms with Crippen LogP contribution in [0.15, 0.2) is 18.2 Å². The van der Waals surface area contributed by atoms with Crippen LogP contribution in [0.5, 0.6) is 0 Å². The van der Waals surface area contributed by atoms with Gasteiger partial charge in [-0.2, -0.15) is 0 Å². The normalized spacial score (nSPS) is 18.1. The van der Waals surface area contributed by atoms with Crippen LogP contribution in [-0.4, -0.2) is 15.6 Å². The number of aromatic nitrogens is 2. The highest BCUT2D eigenvalue weighted by Crippen LogP contribution is 2.41. The van der Waals surface area contributed by atoms with Crippen molar-refractivity contribution in [2.24, 2.45) is 5.73 Å². The Morgan fingerprint density at radius 1 is 1.33 bits per heavy atom. The summed E-state index contributed by atoms with van der Waals surface area (Å²) in [6.07, 6.45) is 5.54. The highest BCUT2D eigenvalue weighted by atomic mass is 19.1. The maximum Gasteiger partial charge on any atom is 0.151 e. The highest BCUT2D eigenvalue weighted by molar-refractivity contribution is 5.77. The van der Waals surface area contributed by atoms with Gasteiger partial charge in [-0.05, 0) is 44.7 Å². The fraction of sp³-hybridized carbons (Fsp3) is 0.588. The van der Waals surface area contributed by atoms with Gasteiger partial charge in [-0.25, -0.2) is 9.37 Å². The summed E-state index contributed by atoms with van der Waals surface area (Å²) in [7, 11) is 0. The molecule has 0 aliphatic heterocycles. The fourth-order valence-corrected chi connectivity index (χ4v) is 3.04. The lowest BCUT2D eigenvalue weighted by atomic mass is 10.0. The van der Waals surface area contributed by atoms with E-state index in [1.54, 1.807) is 6.07 Å². The first-order valence-electron chi connectivity index (χ1n) is 8.00. The third-order valence-corrected chi connectivity index (χ3v) is 4.35. The molecule has 21 heavy (non-hydrogen) atoms. The van der Waals surface area contributed by atoms with Crippen LogP contribution in [0.25, 0.3) is 11.0 Å². The summed E-state index contributed by atoms with van der Waals surface area (Å²) in [5.41, 5.74) is 7.29. The Morgan fingerprint density at radius 2 is 2.10 bits per heavy atom. The van der Waals surface area contributed by atoms with Gasteiger partial charge >= 0.3 is 0 Å². The molecule has 1 aromatic heterocycles. The molecule has 1 saturated carbocycles. The number of rotatable bonds is 6. The molecule has 1 aromatic carbocycles. The minimum atomic E-state index is -0.212. The summed E-state index contributed by atoms with van der Waals surface area (Å²) in [6, 6.07) is 6.03. The minimum Gasteiger partial charge on any atom is -0.328 e. The van der Waals surface area contributed by atoms with E-state index in [1.165, 1.54) is 18.9 Å². The van der Waals surface area contributed by atoms with Gasteiger partial charge in [0.2, 0.25) is 0 Å². The molecule has 0 saturated heterocycles. The first-order chi connectivity index (χ1) is 10.1. The number of benzene rings is 1. The molecular weight excluding hydrogens is 265 g/mol. The molecule has 1 aliphatic carbocycles. The summed E-state index contributed by atoms with van der Waals surface area (Å²) in [5.74, 6) is 1.18. The second kappa shape index (κ2) is 5.76. The van der Waals surface area contributed by atoms with Gasteiger partial charge < -0.3 is 10.3 Å². The van der Waals surface area contributed by atoms with Crippen LogP contribution in [0.4, 0.5) is 4.39 Å². The smallest absolute Gasteiger partial charge is 0.151 e. The van der Waals surface area contributed by atoms with Crippen LogP contribution in [0.3, 0.4) is 0 Å². The number of nitrogens with zero attached hydrogens (tertiary/aromatic N) is 2. The Hall–Kier alpha value is -1.42. The van der Waals surface area contributed by atoms with Crippen LogP contribution < -0.4 is 5.73 Å². The zero-order valence-corrected chi connectivity index (χ0v) is 12.8. The molecule has 0 bridgehead atoms. The molecule has 2 unspecified atom stereocenters. The lowest BCUT2D eigenvalue weighted by molar-refractivity contribution is 0.526. The van der Waals surface area contributed by atoms with Gasteiger partial charge in [0.25, 0.3) is 0 Å². The van der Waals surface area contributed by atoms with Crippen LogP contribution >= 0.6 is 0 Å². The molecule has 3 rings (SSSR count). The molecule has 1 heterocycles. The monoisotopic (exact) mass is 289 g/mol. The lowest BCUT2D eigenvalue weighted by Gasteiger charge is -2.14. The Balaban J connectivity index is 1.90. The highest BCUT2D eigenvalue weighted by Gasteiger charge is 2.30. The molecule has 0 spiro atoms. The molecule has 2 atom stereocenters. The van der Waals surface area contributed by atoms with Gasteiger partial charge in [0.15, 0.2) is 5.82 Å². The van der Waals surface area contributed by atoms with Crippen LogP contribution in [0.1, 0.15) is 63.7 Å². The number of hydrogen-bond acceptors (Lipinski definition) is 2. The molecule has 3 nitrogen and oxygen atoms in total. The van der Waals surface area contributed by atoms with E-state index in [1.807, 2.05) is 13.0 Å². The van der Waals surface area contributed by atoms with Crippen LogP contribution in [0, 0.1) is 5.82 Å². The second-order valence-corrected chi connectivity index (χ2v) is 6.49. The predicted octanol–water partition coefficient (Wildman–Crippen LogP) is 4.13. The lowest BCUT2D eigenvalue weighted by Crippen LogP contribution is -2.14. The number of halogens is 1. The topological polar surface area (TPSA) is 43.8 Å². The summed E-state index contributed by atoms with van der Waals surface area (Å²) >= 11 is 0. The third-order valence-electron chi connectivity index (χ3n) is 4.35. The average Bonchev–Trinajstić information content (AvgIpc) is 3.18. The molecule has 2 aromatic rings. The molecule has 0 radical (unpaired) electrons. The number of hydrogen-bond donors (Lipinski definition) is 1. The molecule has 2 N–H and O–H groups in total. The van der Waals surface area contributed by atoms with E-state index < -0.39 is 0 Å². The van der Waals surface area contributed by atoms with E-state index in [0.29, 0.717) is 17.5 Å². The Labute approximate surface area is 125 Å². The van der Waals surface area contributed by atoms with Crippen molar-refractivity contribution in [1.29, 1.82) is 0 Å². The molecular formula is C17H24FN3. The SMILES string of the molecule is CC(N)CCCC(C)c1nc2c(F)cccc2n1C1CC1. The largest absolute Gasteiger partial charge is 0.328 e. The number of fused-ring (bicyclic) bond motifs is 1. The van der Waals surface area contributed by atoms with Gasteiger partial charge in [-0.3, -0.25) is 0 Å². The Bertz CT molecular complexity index is 628. The van der Waals surface area contributed by atoms with E-state index in [0.717, 1.165) is 30.6 Å². The van der Waals surface area contributed by atoms with E-state index in [9.17, 15) is 4.39 Å². The zero-order valence-electron chi connectivity index (χ0n) is 12.8. The molecule has 0 amide bonds. The van der Waals surface area contributed by atoms with E-state index in [-0.39, 0.29) is 11.9 Å². The summed E-state index contributed by atoms with van der Waals surface area (Å²) < 4.78 is 16.3. The van der Waals surface area contributed by atoms with E-state index in [4.69, 9.17) is 5.73 Å². The van der Waals surface area contributed by atoms with Crippen molar-refractivity contribution in [3.63, 3.8) is 0 Å². The summed E-state index contributed by atoms with van der Waals surface area (Å²) in [4.78, 5) is 4.63. The van der Waals surface area contributed by atoms with Gasteiger partial charge in [0.1, 0.15) is 11.3 Å². The van der Waals surface area contributed by atoms with Crippen molar-refractivity contribution in [3.05, 3.63) is 29.8 Å². The van der Waals surface area contributed by atoms with Crippen LogP contribution in [-0.2, 0) is 0 Å². The van der Waals surface area contributed by atoms with Gasteiger partial charge in [0, 0.05) is 18.0 Å². The van der Waals surface area contributed by atoms with Crippen molar-refractivity contribution in [2.75, 3.05) is 0 Å². The van der Waals surface area contributed by atoms with Gasteiger partial charge in [0.05, 0.1) is 5.52 Å². The Morgan fingerprint density at radius 3 is 2.76 bits per heavy atom.